The molecule has 0 saturated carbocycles. The van der Waals surface area contributed by atoms with Gasteiger partial charge >= 0.3 is 0 Å². The minimum atomic E-state index is -1.000. The summed E-state index contributed by atoms with van der Waals surface area (Å²) < 4.78 is 14.1. The van der Waals surface area contributed by atoms with Gasteiger partial charge < -0.3 is 5.32 Å². The van der Waals surface area contributed by atoms with Crippen molar-refractivity contribution in [3.8, 4) is 11.3 Å². The first-order chi connectivity index (χ1) is 18.1. The molecule has 4 aromatic rings. The van der Waals surface area contributed by atoms with Crippen molar-refractivity contribution in [3.63, 3.8) is 0 Å². The van der Waals surface area contributed by atoms with E-state index in [1.54, 1.807) is 30.5 Å². The molecule has 0 aliphatic carbocycles. The largest absolute Gasteiger partial charge is 0.322 e. The topological polar surface area (TPSA) is 75.2 Å². The second kappa shape index (κ2) is 13.9. The maximum atomic E-state index is 12.8. The first-order valence-electron chi connectivity index (χ1n) is 12.7. The lowest BCUT2D eigenvalue weighted by Crippen LogP contribution is -2.32. The van der Waals surface area contributed by atoms with Crippen LogP contribution in [0.2, 0.25) is 5.02 Å². The summed E-state index contributed by atoms with van der Waals surface area (Å²) in [6.07, 6.45) is 3.74. The monoisotopic (exact) mass is 536 g/mol. The Labute approximate surface area is 226 Å². The normalized spacial score (nSPS) is 14.6. The van der Waals surface area contributed by atoms with Crippen LogP contribution in [0.1, 0.15) is 50.9 Å². The Bertz CT molecular complexity index is 1360. The molecule has 1 fully saturated rings. The summed E-state index contributed by atoms with van der Waals surface area (Å²) in [7, 11) is -1.000. The third-order valence-corrected chi connectivity index (χ3v) is 7.40. The van der Waals surface area contributed by atoms with Gasteiger partial charge in [0.1, 0.15) is 11.0 Å². The molecular weight excluding hydrogens is 504 g/mol. The van der Waals surface area contributed by atoms with E-state index < -0.39 is 11.0 Å². The molecule has 8 heteroatoms. The Morgan fingerprint density at radius 1 is 0.946 bits per heavy atom. The van der Waals surface area contributed by atoms with Crippen LogP contribution in [0.3, 0.4) is 0 Å². The molecule has 1 atom stereocenters. The smallest absolute Gasteiger partial charge is 0.255 e. The van der Waals surface area contributed by atoms with E-state index >= 15 is 0 Å². The molecule has 1 N–H and O–H groups in total. The SMILES string of the molecule is CC.CC.O=C(Nc1ccc(Cl)c(-c2ccc3ncccc3n2)c1)c1ccc(N2CCCCS2=O)cc1. The molecule has 0 bridgehead atoms. The van der Waals surface area contributed by atoms with E-state index in [9.17, 15) is 9.00 Å². The number of hydrogen-bond acceptors (Lipinski definition) is 4. The predicted molar refractivity (Wildman–Crippen MR) is 157 cm³/mol. The first kappa shape index (κ1) is 28.3. The van der Waals surface area contributed by atoms with Crippen LogP contribution in [0.25, 0.3) is 22.3 Å². The lowest BCUT2D eigenvalue weighted by atomic mass is 10.1. The molecule has 2 aromatic carbocycles. The van der Waals surface area contributed by atoms with Crippen LogP contribution < -0.4 is 9.62 Å². The zero-order chi connectivity index (χ0) is 26.8. The second-order valence-electron chi connectivity index (χ2n) is 7.77. The fourth-order valence-corrected chi connectivity index (χ4v) is 5.40. The van der Waals surface area contributed by atoms with Crippen LogP contribution in [-0.4, -0.2) is 32.4 Å². The fourth-order valence-electron chi connectivity index (χ4n) is 3.83. The molecule has 1 aliphatic heterocycles. The van der Waals surface area contributed by atoms with Crippen molar-refractivity contribution >= 4 is 50.9 Å². The van der Waals surface area contributed by atoms with Crippen LogP contribution in [0.5, 0.6) is 0 Å². The highest BCUT2D eigenvalue weighted by molar-refractivity contribution is 7.86. The van der Waals surface area contributed by atoms with Crippen molar-refractivity contribution in [1.82, 2.24) is 9.97 Å². The number of fused-ring (bicyclic) bond motifs is 1. The van der Waals surface area contributed by atoms with Gasteiger partial charge in [-0.15, -0.1) is 0 Å². The molecule has 1 unspecified atom stereocenters. The van der Waals surface area contributed by atoms with E-state index in [1.807, 2.05) is 74.5 Å². The van der Waals surface area contributed by atoms with Crippen LogP contribution in [0.15, 0.2) is 72.9 Å². The van der Waals surface area contributed by atoms with Gasteiger partial charge in [0.05, 0.1) is 21.7 Å². The number of pyridine rings is 2. The summed E-state index contributed by atoms with van der Waals surface area (Å²) in [5.74, 6) is 0.453. The fraction of sp³-hybridized carbons (Fsp3) is 0.276. The quantitative estimate of drug-likeness (QED) is 0.292. The molecule has 37 heavy (non-hydrogen) atoms. The predicted octanol–water partition coefficient (Wildman–Crippen LogP) is 7.52. The number of carbonyl (C=O) groups is 1. The number of nitrogens with one attached hydrogen (secondary N) is 1. The molecule has 1 aliphatic rings. The van der Waals surface area contributed by atoms with Gasteiger partial charge in [0.2, 0.25) is 0 Å². The van der Waals surface area contributed by atoms with Crippen molar-refractivity contribution < 1.29 is 9.00 Å². The minimum Gasteiger partial charge on any atom is -0.322 e. The van der Waals surface area contributed by atoms with Crippen molar-refractivity contribution in [2.45, 2.75) is 40.5 Å². The van der Waals surface area contributed by atoms with Crippen molar-refractivity contribution in [3.05, 3.63) is 83.5 Å². The average molecular weight is 537 g/mol. The van der Waals surface area contributed by atoms with Gasteiger partial charge in [-0.3, -0.25) is 14.1 Å². The summed E-state index contributed by atoms with van der Waals surface area (Å²) in [6.45, 7) is 8.77. The first-order valence-corrected chi connectivity index (χ1v) is 14.3. The highest BCUT2D eigenvalue weighted by atomic mass is 35.5. The van der Waals surface area contributed by atoms with E-state index in [4.69, 9.17) is 11.6 Å². The summed E-state index contributed by atoms with van der Waals surface area (Å²) in [5, 5.41) is 3.47. The molecule has 3 heterocycles. The maximum absolute atomic E-state index is 12.8. The molecule has 194 valence electrons. The van der Waals surface area contributed by atoms with Gasteiger partial charge in [-0.2, -0.15) is 0 Å². The lowest BCUT2D eigenvalue weighted by molar-refractivity contribution is 0.102. The van der Waals surface area contributed by atoms with Crippen molar-refractivity contribution in [1.29, 1.82) is 0 Å². The van der Waals surface area contributed by atoms with E-state index in [0.29, 0.717) is 27.7 Å². The third-order valence-electron chi connectivity index (χ3n) is 5.55. The number of nitrogens with zero attached hydrogens (tertiary/aromatic N) is 3. The molecule has 1 saturated heterocycles. The van der Waals surface area contributed by atoms with Crippen LogP contribution in [0, 0.1) is 0 Å². The molecule has 6 nitrogen and oxygen atoms in total. The number of carbonyl (C=O) groups excluding carboxylic acids is 1. The standard InChI is InChI=1S/C25H21ClN4O2S.2C2H6/c26-21-10-7-18(16-20(21)22-11-12-23-24(29-22)4-3-13-27-23)28-25(31)17-5-8-19(9-6-17)30-14-1-2-15-33(30)32;2*1-2/h3-13,16H,1-2,14-15H2,(H,28,31);2*1-2H3. The Morgan fingerprint density at radius 2 is 1.70 bits per heavy atom. The minimum absolute atomic E-state index is 0.231. The van der Waals surface area contributed by atoms with E-state index in [1.165, 1.54) is 0 Å². The second-order valence-corrected chi connectivity index (χ2v) is 9.67. The van der Waals surface area contributed by atoms with Crippen LogP contribution in [-0.2, 0) is 11.0 Å². The highest BCUT2D eigenvalue weighted by Gasteiger charge is 2.19. The zero-order valence-corrected chi connectivity index (χ0v) is 23.3. The van der Waals surface area contributed by atoms with Crippen LogP contribution in [0.4, 0.5) is 11.4 Å². The Balaban J connectivity index is 0.000000907. The molecule has 2 aromatic heterocycles. The van der Waals surface area contributed by atoms with E-state index in [0.717, 1.165) is 41.7 Å². The van der Waals surface area contributed by atoms with E-state index in [2.05, 4.69) is 15.3 Å². The van der Waals surface area contributed by atoms with Gasteiger partial charge in [0.25, 0.3) is 5.91 Å². The third kappa shape index (κ3) is 6.93. The summed E-state index contributed by atoms with van der Waals surface area (Å²) in [6, 6.07) is 20.0. The number of amides is 1. The summed E-state index contributed by atoms with van der Waals surface area (Å²) in [5.41, 5.74) is 5.02. The summed E-state index contributed by atoms with van der Waals surface area (Å²) >= 11 is 6.44. The highest BCUT2D eigenvalue weighted by Crippen LogP contribution is 2.31. The molecule has 1 amide bonds. The van der Waals surface area contributed by atoms with Gasteiger partial charge in [-0.25, -0.2) is 9.19 Å². The Hall–Kier alpha value is -3.29. The molecule has 0 radical (unpaired) electrons. The van der Waals surface area contributed by atoms with E-state index in [-0.39, 0.29) is 5.91 Å². The van der Waals surface area contributed by atoms with Gasteiger partial charge in [-0.1, -0.05) is 39.3 Å². The van der Waals surface area contributed by atoms with Gasteiger partial charge in [0.15, 0.2) is 0 Å². The number of anilines is 2. The average Bonchev–Trinajstić information content (AvgIpc) is 2.96. The number of aromatic nitrogens is 2. The van der Waals surface area contributed by atoms with Crippen molar-refractivity contribution in [2.24, 2.45) is 0 Å². The summed E-state index contributed by atoms with van der Waals surface area (Å²) in [4.78, 5) is 21.8. The van der Waals surface area contributed by atoms with Gasteiger partial charge in [0, 0.05) is 41.0 Å². The maximum Gasteiger partial charge on any atom is 0.255 e. The molecular formula is C29H33ClN4O2S. The molecule has 5 rings (SSSR count). The van der Waals surface area contributed by atoms with Gasteiger partial charge in [-0.05, 0) is 79.6 Å². The molecule has 0 spiro atoms. The number of hydrogen-bond donors (Lipinski definition) is 1. The van der Waals surface area contributed by atoms with Crippen molar-refractivity contribution in [2.75, 3.05) is 21.9 Å². The zero-order valence-electron chi connectivity index (χ0n) is 21.7. The lowest BCUT2D eigenvalue weighted by Gasteiger charge is -2.27. The van der Waals surface area contributed by atoms with Crippen LogP contribution >= 0.6 is 11.6 Å². The number of benzene rings is 2. The Morgan fingerprint density at radius 3 is 2.43 bits per heavy atom. The number of rotatable bonds is 4. The Kier molecular flexibility index (Phi) is 10.6. The number of halogens is 1.